The Kier molecular flexibility index (Phi) is 5.15. The summed E-state index contributed by atoms with van der Waals surface area (Å²) in [7, 11) is 0. The molecule has 2 amide bonds. The quantitative estimate of drug-likeness (QED) is 0.859. The second-order valence-electron chi connectivity index (χ2n) is 5.90. The van der Waals surface area contributed by atoms with Crippen LogP contribution in [0.1, 0.15) is 6.42 Å². The number of nitrogens with one attached hydrogen (secondary N) is 1. The molecule has 1 N–H and O–H groups in total. The number of amides is 2. The Bertz CT molecular complexity index is 736. The normalized spacial score (nSPS) is 19.9. The van der Waals surface area contributed by atoms with Gasteiger partial charge in [-0.2, -0.15) is 8.78 Å². The summed E-state index contributed by atoms with van der Waals surface area (Å²) >= 11 is 0. The van der Waals surface area contributed by atoms with E-state index in [1.165, 1.54) is 11.0 Å². The van der Waals surface area contributed by atoms with Gasteiger partial charge in [0.05, 0.1) is 13.1 Å². The van der Waals surface area contributed by atoms with Crippen molar-refractivity contribution in [2.24, 2.45) is 0 Å². The van der Waals surface area contributed by atoms with Gasteiger partial charge in [-0.25, -0.2) is 4.79 Å². The number of carbonyl (C=O) groups is 3. The number of alkyl halides is 2. The van der Waals surface area contributed by atoms with Crippen LogP contribution < -0.4 is 15.1 Å². The Labute approximate surface area is 148 Å². The van der Waals surface area contributed by atoms with Gasteiger partial charge in [0, 0.05) is 30.5 Å². The number of halogens is 2. The summed E-state index contributed by atoms with van der Waals surface area (Å²) in [6.07, 6.45) is -0.712. The predicted molar refractivity (Wildman–Crippen MR) is 89.2 cm³/mol. The third-order valence-electron chi connectivity index (χ3n) is 4.11. The second kappa shape index (κ2) is 7.51. The first-order valence-electron chi connectivity index (χ1n) is 8.06. The smallest absolute Gasteiger partial charge is 0.414 e. The summed E-state index contributed by atoms with van der Waals surface area (Å²) in [4.78, 5) is 37.4. The lowest BCUT2D eigenvalue weighted by Crippen LogP contribution is -2.37. The number of ketones is 1. The summed E-state index contributed by atoms with van der Waals surface area (Å²) < 4.78 is 29.4. The molecule has 0 radical (unpaired) electrons. The molecule has 2 aliphatic heterocycles. The number of ether oxygens (including phenoxy) is 1. The van der Waals surface area contributed by atoms with E-state index in [9.17, 15) is 23.2 Å². The van der Waals surface area contributed by atoms with Crippen molar-refractivity contribution in [2.75, 3.05) is 29.4 Å². The molecule has 1 aromatic carbocycles. The number of benzene rings is 1. The van der Waals surface area contributed by atoms with E-state index < -0.39 is 24.5 Å². The molecular weight excluding hydrogens is 348 g/mol. The molecule has 1 saturated heterocycles. The standard InChI is InChI=1S/C17H17F2N3O4/c18-15(19)16(24)20-9-14-10-22(17(25)26-14)12-3-1-11(2-4-12)21-7-5-13(23)6-8-21/h1-5,7,14-15H,6,8-10H2,(H,20,24). The number of carbonyl (C=O) groups excluding carboxylic acids is 3. The molecule has 0 bridgehead atoms. The molecule has 2 heterocycles. The van der Waals surface area contributed by atoms with Gasteiger partial charge in [0.1, 0.15) is 6.10 Å². The van der Waals surface area contributed by atoms with Crippen LogP contribution in [0.25, 0.3) is 0 Å². The van der Waals surface area contributed by atoms with E-state index in [4.69, 9.17) is 4.74 Å². The van der Waals surface area contributed by atoms with Crippen LogP contribution in [0.4, 0.5) is 25.0 Å². The zero-order valence-corrected chi connectivity index (χ0v) is 13.7. The molecule has 1 atom stereocenters. The van der Waals surface area contributed by atoms with Crippen LogP contribution in [-0.2, 0) is 14.3 Å². The molecule has 0 saturated carbocycles. The van der Waals surface area contributed by atoms with Crippen LogP contribution in [-0.4, -0.2) is 49.9 Å². The van der Waals surface area contributed by atoms with E-state index in [2.05, 4.69) is 0 Å². The molecule has 9 heteroatoms. The van der Waals surface area contributed by atoms with Gasteiger partial charge in [0.15, 0.2) is 5.78 Å². The van der Waals surface area contributed by atoms with Crippen molar-refractivity contribution < 1.29 is 27.9 Å². The van der Waals surface area contributed by atoms with Gasteiger partial charge in [-0.1, -0.05) is 0 Å². The number of rotatable bonds is 5. The molecule has 1 unspecified atom stereocenters. The van der Waals surface area contributed by atoms with Crippen LogP contribution >= 0.6 is 0 Å². The third kappa shape index (κ3) is 3.98. The van der Waals surface area contributed by atoms with Crippen molar-refractivity contribution in [1.29, 1.82) is 0 Å². The summed E-state index contributed by atoms with van der Waals surface area (Å²) in [5.74, 6) is -1.31. The highest BCUT2D eigenvalue weighted by atomic mass is 19.3. The SMILES string of the molecule is O=C1C=CN(c2ccc(N3CC(CNC(=O)C(F)F)OC3=O)cc2)CC1. The molecule has 2 aliphatic rings. The Morgan fingerprint density at radius 1 is 1.23 bits per heavy atom. The molecule has 0 spiro atoms. The van der Waals surface area contributed by atoms with Crippen molar-refractivity contribution >= 4 is 29.2 Å². The van der Waals surface area contributed by atoms with Gasteiger partial charge in [-0.15, -0.1) is 0 Å². The molecule has 138 valence electrons. The van der Waals surface area contributed by atoms with Gasteiger partial charge >= 0.3 is 12.5 Å². The monoisotopic (exact) mass is 365 g/mol. The topological polar surface area (TPSA) is 79.0 Å². The number of nitrogens with zero attached hydrogens (tertiary/aromatic N) is 2. The highest BCUT2D eigenvalue weighted by Crippen LogP contribution is 2.25. The first-order valence-corrected chi connectivity index (χ1v) is 8.06. The summed E-state index contributed by atoms with van der Waals surface area (Å²) in [6.45, 7) is 0.572. The lowest BCUT2D eigenvalue weighted by atomic mass is 10.1. The van der Waals surface area contributed by atoms with Crippen molar-refractivity contribution in [3.05, 3.63) is 36.5 Å². The summed E-state index contributed by atoms with van der Waals surface area (Å²) in [6, 6.07) is 7.10. The van der Waals surface area contributed by atoms with Crippen LogP contribution in [0.2, 0.25) is 0 Å². The fourth-order valence-corrected chi connectivity index (χ4v) is 2.73. The van der Waals surface area contributed by atoms with Gasteiger partial charge < -0.3 is 15.0 Å². The fraction of sp³-hybridized carbons (Fsp3) is 0.353. The predicted octanol–water partition coefficient (Wildman–Crippen LogP) is 1.69. The van der Waals surface area contributed by atoms with E-state index >= 15 is 0 Å². The molecule has 0 aliphatic carbocycles. The van der Waals surface area contributed by atoms with Crippen LogP contribution in [0, 0.1) is 0 Å². The van der Waals surface area contributed by atoms with E-state index in [1.54, 1.807) is 18.3 Å². The largest absolute Gasteiger partial charge is 0.442 e. The minimum Gasteiger partial charge on any atom is -0.442 e. The van der Waals surface area contributed by atoms with E-state index in [1.807, 2.05) is 22.3 Å². The fourth-order valence-electron chi connectivity index (χ4n) is 2.73. The van der Waals surface area contributed by atoms with Crippen LogP contribution in [0.15, 0.2) is 36.5 Å². The lowest BCUT2D eigenvalue weighted by molar-refractivity contribution is -0.132. The number of anilines is 2. The van der Waals surface area contributed by atoms with E-state index in [0.29, 0.717) is 18.7 Å². The van der Waals surface area contributed by atoms with Crippen LogP contribution in [0.3, 0.4) is 0 Å². The van der Waals surface area contributed by atoms with E-state index in [0.717, 1.165) is 5.69 Å². The maximum absolute atomic E-state index is 12.2. The number of cyclic esters (lactones) is 1. The Balaban J connectivity index is 1.60. The zero-order valence-electron chi connectivity index (χ0n) is 13.7. The van der Waals surface area contributed by atoms with Gasteiger partial charge in [-0.05, 0) is 30.3 Å². The molecule has 7 nitrogen and oxygen atoms in total. The summed E-state index contributed by atoms with van der Waals surface area (Å²) in [5, 5.41) is 2.04. The highest BCUT2D eigenvalue weighted by molar-refractivity contribution is 5.92. The highest BCUT2D eigenvalue weighted by Gasteiger charge is 2.33. The maximum atomic E-state index is 12.2. The Morgan fingerprint density at radius 3 is 2.54 bits per heavy atom. The van der Waals surface area contributed by atoms with Crippen molar-refractivity contribution in [3.63, 3.8) is 0 Å². The molecule has 3 rings (SSSR count). The second-order valence-corrected chi connectivity index (χ2v) is 5.90. The number of hydrogen-bond acceptors (Lipinski definition) is 5. The zero-order chi connectivity index (χ0) is 18.7. The average Bonchev–Trinajstić information content (AvgIpc) is 3.01. The van der Waals surface area contributed by atoms with Gasteiger partial charge in [-0.3, -0.25) is 14.5 Å². The number of hydrogen-bond donors (Lipinski definition) is 1. The molecule has 1 aromatic rings. The first kappa shape index (κ1) is 17.8. The van der Waals surface area contributed by atoms with E-state index in [-0.39, 0.29) is 18.9 Å². The molecule has 1 fully saturated rings. The summed E-state index contributed by atoms with van der Waals surface area (Å²) in [5.41, 5.74) is 1.48. The van der Waals surface area contributed by atoms with Gasteiger partial charge in [0.2, 0.25) is 0 Å². The number of allylic oxidation sites excluding steroid dienone is 1. The van der Waals surface area contributed by atoms with Crippen molar-refractivity contribution in [3.8, 4) is 0 Å². The third-order valence-corrected chi connectivity index (χ3v) is 4.11. The molecule has 26 heavy (non-hydrogen) atoms. The van der Waals surface area contributed by atoms with Crippen molar-refractivity contribution in [2.45, 2.75) is 19.0 Å². The Hall–Kier alpha value is -2.97. The lowest BCUT2D eigenvalue weighted by Gasteiger charge is -2.23. The Morgan fingerprint density at radius 2 is 1.92 bits per heavy atom. The van der Waals surface area contributed by atoms with Crippen molar-refractivity contribution in [1.82, 2.24) is 5.32 Å². The minimum atomic E-state index is -3.10. The molecular formula is C17H17F2N3O4. The maximum Gasteiger partial charge on any atom is 0.414 e. The molecule has 0 aromatic heterocycles. The minimum absolute atomic E-state index is 0.0858. The van der Waals surface area contributed by atoms with Crippen LogP contribution in [0.5, 0.6) is 0 Å². The first-order chi connectivity index (χ1) is 12.4. The average molecular weight is 365 g/mol. The van der Waals surface area contributed by atoms with Gasteiger partial charge in [0.25, 0.3) is 5.91 Å².